The highest BCUT2D eigenvalue weighted by atomic mass is 16.6. The number of aromatic nitrogens is 1. The number of benzene rings is 1. The minimum absolute atomic E-state index is 0.0160. The summed E-state index contributed by atoms with van der Waals surface area (Å²) < 4.78 is 16.3. The first-order valence-electron chi connectivity index (χ1n) is 15.2. The lowest BCUT2D eigenvalue weighted by Crippen LogP contribution is -2.56. The molecule has 0 aliphatic carbocycles. The summed E-state index contributed by atoms with van der Waals surface area (Å²) in [7, 11) is 1.60. The summed E-state index contributed by atoms with van der Waals surface area (Å²) in [6.45, 7) is 5.55. The first-order chi connectivity index (χ1) is 21.6. The van der Waals surface area contributed by atoms with Gasteiger partial charge in [0.05, 0.1) is 24.8 Å². The minimum Gasteiger partial charge on any atom is -0.483 e. The molecule has 2 aliphatic rings. The summed E-state index contributed by atoms with van der Waals surface area (Å²) >= 11 is 0. The standard InChI is InChI=1S/C31H41N5O9/c1-4-44-31(42)35-14-12-34(13-15-35)30(41)23(9-10-28(38)39)33-29(40)25-17-26(22-8-7-20(2)16-24(22)32-25)45-19-27(37)36-11-5-6-21(36)18-43-3/h7-8,16-17,21,23H,4-6,9-15,18-19H2,1-3H3,(H,33,40)(H,38,39). The van der Waals surface area contributed by atoms with Crippen molar-refractivity contribution >= 4 is 40.7 Å². The number of pyridine rings is 1. The first kappa shape index (κ1) is 33.4. The molecule has 1 aromatic heterocycles. The molecule has 14 heteroatoms. The maximum atomic E-state index is 13.5. The van der Waals surface area contributed by atoms with Crippen molar-refractivity contribution in [2.24, 2.45) is 0 Å². The Morgan fingerprint density at radius 2 is 1.80 bits per heavy atom. The molecule has 0 spiro atoms. The molecule has 2 N–H and O–H groups in total. The second-order valence-corrected chi connectivity index (χ2v) is 11.1. The van der Waals surface area contributed by atoms with E-state index >= 15 is 0 Å². The molecule has 1 aromatic carbocycles. The van der Waals surface area contributed by atoms with Gasteiger partial charge in [-0.3, -0.25) is 19.2 Å². The zero-order valence-electron chi connectivity index (χ0n) is 26.0. The SMILES string of the molecule is CCOC(=O)N1CCN(C(=O)C(CCC(=O)O)NC(=O)c2cc(OCC(=O)N3CCCC3COC)c3ccc(C)cc3n2)CC1. The fourth-order valence-corrected chi connectivity index (χ4v) is 5.60. The van der Waals surface area contributed by atoms with Gasteiger partial charge >= 0.3 is 12.1 Å². The molecule has 2 unspecified atom stereocenters. The summed E-state index contributed by atoms with van der Waals surface area (Å²) in [4.78, 5) is 72.7. The lowest BCUT2D eigenvalue weighted by molar-refractivity contribution is -0.138. The van der Waals surface area contributed by atoms with E-state index in [1.165, 1.54) is 15.9 Å². The number of methoxy groups -OCH3 is 1. The quantitative estimate of drug-likeness (QED) is 0.354. The summed E-state index contributed by atoms with van der Waals surface area (Å²) in [5.41, 5.74) is 1.31. The van der Waals surface area contributed by atoms with Crippen LogP contribution in [0.5, 0.6) is 5.75 Å². The number of hydrogen-bond donors (Lipinski definition) is 2. The molecule has 0 radical (unpaired) electrons. The predicted octanol–water partition coefficient (Wildman–Crippen LogP) is 1.82. The van der Waals surface area contributed by atoms with Crippen molar-refractivity contribution in [3.05, 3.63) is 35.5 Å². The van der Waals surface area contributed by atoms with Gasteiger partial charge in [0.25, 0.3) is 11.8 Å². The Hall–Kier alpha value is -4.46. The number of rotatable bonds is 12. The number of hydrogen-bond acceptors (Lipinski definition) is 9. The molecule has 4 amide bonds. The first-order valence-corrected chi connectivity index (χ1v) is 15.2. The van der Waals surface area contributed by atoms with E-state index in [0.29, 0.717) is 24.1 Å². The van der Waals surface area contributed by atoms with Crippen LogP contribution in [0.25, 0.3) is 10.9 Å². The van der Waals surface area contributed by atoms with Crippen LogP contribution < -0.4 is 10.1 Å². The summed E-state index contributed by atoms with van der Waals surface area (Å²) in [6, 6.07) is 5.72. The third-order valence-corrected chi connectivity index (χ3v) is 7.94. The molecule has 4 rings (SSSR count). The van der Waals surface area contributed by atoms with E-state index in [-0.39, 0.29) is 75.6 Å². The molecule has 14 nitrogen and oxygen atoms in total. The van der Waals surface area contributed by atoms with Crippen LogP contribution in [-0.4, -0.2) is 126 Å². The molecule has 3 heterocycles. The number of carboxylic acid groups (broad SMARTS) is 1. The Kier molecular flexibility index (Phi) is 11.5. The van der Waals surface area contributed by atoms with Gasteiger partial charge in [-0.2, -0.15) is 0 Å². The van der Waals surface area contributed by atoms with Gasteiger partial charge in [-0.1, -0.05) is 6.07 Å². The number of aryl methyl sites for hydroxylation is 1. The van der Waals surface area contributed by atoms with Crippen LogP contribution in [0.1, 0.15) is 48.7 Å². The molecule has 2 aliphatic heterocycles. The molecule has 2 atom stereocenters. The fourth-order valence-electron chi connectivity index (χ4n) is 5.60. The van der Waals surface area contributed by atoms with Gasteiger partial charge in [0.15, 0.2) is 6.61 Å². The Bertz CT molecular complexity index is 1410. The molecular weight excluding hydrogens is 586 g/mol. The van der Waals surface area contributed by atoms with Crippen molar-refractivity contribution in [1.82, 2.24) is 25.0 Å². The van der Waals surface area contributed by atoms with Gasteiger partial charge in [0, 0.05) is 57.7 Å². The van der Waals surface area contributed by atoms with Gasteiger partial charge in [0.2, 0.25) is 5.91 Å². The topological polar surface area (TPSA) is 168 Å². The van der Waals surface area contributed by atoms with Crippen molar-refractivity contribution in [2.75, 3.05) is 59.7 Å². The fraction of sp³-hybridized carbons (Fsp3) is 0.548. The number of fused-ring (bicyclic) bond motifs is 1. The van der Waals surface area contributed by atoms with E-state index in [1.54, 1.807) is 31.1 Å². The second-order valence-electron chi connectivity index (χ2n) is 11.1. The van der Waals surface area contributed by atoms with Crippen molar-refractivity contribution in [2.45, 2.75) is 51.6 Å². The smallest absolute Gasteiger partial charge is 0.409 e. The number of nitrogens with zero attached hydrogens (tertiary/aromatic N) is 4. The lowest BCUT2D eigenvalue weighted by Gasteiger charge is -2.35. The van der Waals surface area contributed by atoms with E-state index in [4.69, 9.17) is 14.2 Å². The number of amides is 4. The van der Waals surface area contributed by atoms with Crippen LogP contribution in [0.3, 0.4) is 0 Å². The lowest BCUT2D eigenvalue weighted by atomic mass is 10.1. The highest BCUT2D eigenvalue weighted by molar-refractivity contribution is 5.99. The molecule has 2 saturated heterocycles. The normalized spacial score (nSPS) is 17.2. The number of likely N-dealkylation sites (tertiary alicyclic amines) is 1. The van der Waals surface area contributed by atoms with Gasteiger partial charge in [-0.25, -0.2) is 9.78 Å². The summed E-state index contributed by atoms with van der Waals surface area (Å²) in [6.07, 6.45) is 0.782. The van der Waals surface area contributed by atoms with E-state index < -0.39 is 29.9 Å². The van der Waals surface area contributed by atoms with Crippen LogP contribution >= 0.6 is 0 Å². The number of carbonyl (C=O) groups excluding carboxylic acids is 4. The molecular formula is C31H41N5O9. The van der Waals surface area contributed by atoms with Crippen LogP contribution in [0.4, 0.5) is 4.79 Å². The van der Waals surface area contributed by atoms with Crippen LogP contribution in [0.2, 0.25) is 0 Å². The summed E-state index contributed by atoms with van der Waals surface area (Å²) in [5.74, 6) is -2.17. The van der Waals surface area contributed by atoms with Crippen LogP contribution in [0, 0.1) is 6.92 Å². The minimum atomic E-state index is -1.14. The number of piperazine rings is 1. The van der Waals surface area contributed by atoms with Gasteiger partial charge in [-0.15, -0.1) is 0 Å². The maximum absolute atomic E-state index is 13.5. The predicted molar refractivity (Wildman–Crippen MR) is 162 cm³/mol. The van der Waals surface area contributed by atoms with E-state index in [2.05, 4.69) is 10.3 Å². The zero-order valence-corrected chi connectivity index (χ0v) is 26.0. The monoisotopic (exact) mass is 627 g/mol. The average Bonchev–Trinajstić information content (AvgIpc) is 3.49. The molecule has 2 fully saturated rings. The third kappa shape index (κ3) is 8.59. The molecule has 0 bridgehead atoms. The Morgan fingerprint density at radius 3 is 2.49 bits per heavy atom. The Labute approximate surface area is 261 Å². The highest BCUT2D eigenvalue weighted by Crippen LogP contribution is 2.27. The third-order valence-electron chi connectivity index (χ3n) is 7.94. The van der Waals surface area contributed by atoms with Crippen molar-refractivity contribution in [1.29, 1.82) is 0 Å². The van der Waals surface area contributed by atoms with E-state index in [1.807, 2.05) is 13.0 Å². The van der Waals surface area contributed by atoms with Gasteiger partial charge in [-0.05, 0) is 50.8 Å². The molecule has 0 saturated carbocycles. The number of nitrogens with one attached hydrogen (secondary N) is 1. The van der Waals surface area contributed by atoms with Crippen molar-refractivity contribution < 1.29 is 43.3 Å². The van der Waals surface area contributed by atoms with E-state index in [0.717, 1.165) is 18.4 Å². The molecule has 45 heavy (non-hydrogen) atoms. The molecule has 244 valence electrons. The Morgan fingerprint density at radius 1 is 1.07 bits per heavy atom. The highest BCUT2D eigenvalue weighted by Gasteiger charge is 2.32. The zero-order chi connectivity index (χ0) is 32.5. The van der Waals surface area contributed by atoms with E-state index in [9.17, 15) is 29.1 Å². The number of carboxylic acids is 1. The maximum Gasteiger partial charge on any atom is 0.409 e. The Balaban J connectivity index is 1.51. The number of carbonyl (C=O) groups is 5. The number of ether oxygens (including phenoxy) is 3. The summed E-state index contributed by atoms with van der Waals surface area (Å²) in [5, 5.41) is 12.6. The second kappa shape index (κ2) is 15.5. The van der Waals surface area contributed by atoms with Crippen LogP contribution in [0.15, 0.2) is 24.3 Å². The van der Waals surface area contributed by atoms with Crippen LogP contribution in [-0.2, 0) is 23.9 Å². The number of aliphatic carboxylic acids is 1. The average molecular weight is 628 g/mol. The van der Waals surface area contributed by atoms with Crippen molar-refractivity contribution in [3.8, 4) is 5.75 Å². The van der Waals surface area contributed by atoms with Gasteiger partial charge < -0.3 is 39.3 Å². The largest absolute Gasteiger partial charge is 0.483 e. The molecule has 2 aromatic rings. The van der Waals surface area contributed by atoms with Gasteiger partial charge in [0.1, 0.15) is 17.5 Å². The van der Waals surface area contributed by atoms with Crippen molar-refractivity contribution in [3.63, 3.8) is 0 Å².